The Bertz CT molecular complexity index is 1000. The van der Waals surface area contributed by atoms with Crippen LogP contribution >= 0.6 is 11.8 Å². The Labute approximate surface area is 181 Å². The minimum Gasteiger partial charge on any atom is -0.497 e. The fourth-order valence-corrected chi connectivity index (χ4v) is 5.82. The lowest BCUT2D eigenvalue weighted by Gasteiger charge is -2.37. The summed E-state index contributed by atoms with van der Waals surface area (Å²) in [7, 11) is 1.65. The molecule has 1 aliphatic carbocycles. The number of ether oxygens (including phenoxy) is 1. The first-order valence-electron chi connectivity index (χ1n) is 10.00. The average Bonchev–Trinajstić information content (AvgIpc) is 2.93. The zero-order valence-corrected chi connectivity index (χ0v) is 17.7. The molecule has 1 atom stereocenters. The number of thioether (sulfide) groups is 1. The van der Waals surface area contributed by atoms with Gasteiger partial charge < -0.3 is 15.6 Å². The van der Waals surface area contributed by atoms with Gasteiger partial charge in [0.25, 0.3) is 0 Å². The van der Waals surface area contributed by atoms with Gasteiger partial charge in [0.1, 0.15) is 11.8 Å². The largest absolute Gasteiger partial charge is 0.497 e. The van der Waals surface area contributed by atoms with Gasteiger partial charge in [-0.25, -0.2) is 0 Å². The summed E-state index contributed by atoms with van der Waals surface area (Å²) in [5.74, 6) is 0.100. The van der Waals surface area contributed by atoms with Crippen molar-refractivity contribution >= 4 is 17.7 Å². The first-order valence-corrected chi connectivity index (χ1v) is 11.0. The van der Waals surface area contributed by atoms with Crippen molar-refractivity contribution in [2.45, 2.75) is 23.6 Å². The number of carboxylic acid groups (broad SMARTS) is 1. The fraction of sp³-hybridized carbons (Fsp3) is 0.240. The number of hydrogen-bond donors (Lipinski definition) is 2. The summed E-state index contributed by atoms with van der Waals surface area (Å²) < 4.78 is 4.83. The molecule has 1 aliphatic rings. The Morgan fingerprint density at radius 3 is 2.03 bits per heavy atom. The van der Waals surface area contributed by atoms with Crippen molar-refractivity contribution in [3.8, 4) is 5.75 Å². The van der Waals surface area contributed by atoms with E-state index in [1.807, 2.05) is 12.1 Å². The molecule has 154 valence electrons. The van der Waals surface area contributed by atoms with Crippen LogP contribution in [0.2, 0.25) is 0 Å². The third-order valence-corrected chi connectivity index (χ3v) is 7.38. The second-order valence-corrected chi connectivity index (χ2v) is 8.71. The predicted molar refractivity (Wildman–Crippen MR) is 121 cm³/mol. The quantitative estimate of drug-likeness (QED) is 0.626. The van der Waals surface area contributed by atoms with Crippen LogP contribution in [0.25, 0.3) is 0 Å². The second kappa shape index (κ2) is 8.54. The van der Waals surface area contributed by atoms with Gasteiger partial charge in [0.2, 0.25) is 0 Å². The van der Waals surface area contributed by atoms with Crippen molar-refractivity contribution in [3.05, 3.63) is 101 Å². The molecule has 3 aromatic rings. The van der Waals surface area contributed by atoms with Gasteiger partial charge in [0.15, 0.2) is 0 Å². The number of hydrogen-bond acceptors (Lipinski definition) is 4. The third-order valence-electron chi connectivity index (χ3n) is 5.75. The first kappa shape index (κ1) is 20.5. The van der Waals surface area contributed by atoms with Gasteiger partial charge in [0.05, 0.1) is 11.9 Å². The van der Waals surface area contributed by atoms with Crippen LogP contribution < -0.4 is 10.5 Å². The van der Waals surface area contributed by atoms with Gasteiger partial charge in [-0.2, -0.15) is 0 Å². The number of benzene rings is 3. The molecule has 4 rings (SSSR count). The molecule has 0 aliphatic heterocycles. The maximum atomic E-state index is 11.5. The Kier molecular flexibility index (Phi) is 5.84. The minimum atomic E-state index is -0.984. The molecule has 0 fully saturated rings. The Morgan fingerprint density at radius 2 is 1.53 bits per heavy atom. The third kappa shape index (κ3) is 3.59. The normalized spacial score (nSPS) is 15.4. The van der Waals surface area contributed by atoms with Crippen molar-refractivity contribution in [2.24, 2.45) is 5.73 Å². The molecular weight excluding hydrogens is 394 g/mol. The Balaban J connectivity index is 1.98. The summed E-state index contributed by atoms with van der Waals surface area (Å²) in [4.78, 5) is 11.5. The zero-order valence-electron chi connectivity index (χ0n) is 16.9. The summed E-state index contributed by atoms with van der Waals surface area (Å²) in [6, 6.07) is 24.1. The van der Waals surface area contributed by atoms with E-state index in [0.717, 1.165) is 24.2 Å². The number of nitrogens with two attached hydrogens (primary N) is 1. The number of carbonyl (C=O) groups is 1. The highest BCUT2D eigenvalue weighted by molar-refractivity contribution is 8.00. The number of methoxy groups -OCH3 is 1. The van der Waals surface area contributed by atoms with Crippen LogP contribution in [-0.2, 0) is 22.4 Å². The summed E-state index contributed by atoms with van der Waals surface area (Å²) in [5.41, 5.74) is 12.0. The predicted octanol–water partition coefficient (Wildman–Crippen LogP) is 4.23. The second-order valence-electron chi connectivity index (χ2n) is 7.48. The molecule has 0 spiro atoms. The van der Waals surface area contributed by atoms with E-state index in [4.69, 9.17) is 10.5 Å². The summed E-state index contributed by atoms with van der Waals surface area (Å²) in [5, 5.41) is 9.43. The topological polar surface area (TPSA) is 72.5 Å². The lowest BCUT2D eigenvalue weighted by molar-refractivity contribution is -0.137. The van der Waals surface area contributed by atoms with E-state index in [1.165, 1.54) is 22.3 Å². The molecule has 30 heavy (non-hydrogen) atoms. The average molecular weight is 420 g/mol. The van der Waals surface area contributed by atoms with Crippen LogP contribution in [0.1, 0.15) is 27.8 Å². The highest BCUT2D eigenvalue weighted by Crippen LogP contribution is 2.52. The molecule has 0 saturated heterocycles. The van der Waals surface area contributed by atoms with E-state index >= 15 is 0 Å². The molecular formula is C25H25NO3S. The number of carboxylic acids is 1. The molecule has 0 bridgehead atoms. The molecule has 3 aromatic carbocycles. The van der Waals surface area contributed by atoms with Crippen LogP contribution in [0, 0.1) is 0 Å². The van der Waals surface area contributed by atoms with Gasteiger partial charge in [-0.05, 0) is 52.8 Å². The molecule has 4 nitrogen and oxygen atoms in total. The molecule has 0 radical (unpaired) electrons. The number of aryl methyl sites for hydroxylation is 2. The molecule has 0 aromatic heterocycles. The maximum absolute atomic E-state index is 11.5. The molecule has 5 heteroatoms. The zero-order chi connectivity index (χ0) is 21.1. The standard InChI is InChI=1S/C25H25NO3S/c1-29-20-14-12-19(13-15-20)25(30-16-23(26)24(27)28)21-8-4-2-6-17(21)10-11-18-7-3-5-9-22(18)25/h2-9,12-15,23H,10-11,16,26H2,1H3,(H,27,28)/t23-/m0/s1. The van der Waals surface area contributed by atoms with Crippen molar-refractivity contribution in [1.82, 2.24) is 0 Å². The molecule has 0 saturated carbocycles. The lowest BCUT2D eigenvalue weighted by atomic mass is 9.81. The van der Waals surface area contributed by atoms with Crippen molar-refractivity contribution < 1.29 is 14.6 Å². The first-order chi connectivity index (χ1) is 14.6. The van der Waals surface area contributed by atoms with E-state index in [-0.39, 0.29) is 0 Å². The maximum Gasteiger partial charge on any atom is 0.321 e. The van der Waals surface area contributed by atoms with Gasteiger partial charge in [-0.15, -0.1) is 11.8 Å². The van der Waals surface area contributed by atoms with E-state index in [2.05, 4.69) is 60.7 Å². The summed E-state index contributed by atoms with van der Waals surface area (Å²) in [6.45, 7) is 0. The van der Waals surface area contributed by atoms with E-state index in [9.17, 15) is 9.90 Å². The molecule has 0 heterocycles. The van der Waals surface area contributed by atoms with Crippen molar-refractivity contribution in [3.63, 3.8) is 0 Å². The fourth-order valence-electron chi connectivity index (χ4n) is 4.24. The molecule has 0 unspecified atom stereocenters. The smallest absolute Gasteiger partial charge is 0.321 e. The summed E-state index contributed by atoms with van der Waals surface area (Å²) in [6.07, 6.45) is 1.88. The molecule has 3 N–H and O–H groups in total. The Hall–Kier alpha value is -2.76. The number of fused-ring (bicyclic) bond motifs is 2. The van der Waals surface area contributed by atoms with Crippen LogP contribution in [0.3, 0.4) is 0 Å². The number of aliphatic carboxylic acids is 1. The van der Waals surface area contributed by atoms with E-state index < -0.39 is 16.8 Å². The van der Waals surface area contributed by atoms with Crippen LogP contribution in [0.4, 0.5) is 0 Å². The highest BCUT2D eigenvalue weighted by atomic mass is 32.2. The van der Waals surface area contributed by atoms with Crippen LogP contribution in [-0.4, -0.2) is 30.0 Å². The summed E-state index contributed by atoms with van der Waals surface area (Å²) >= 11 is 1.60. The van der Waals surface area contributed by atoms with Gasteiger partial charge >= 0.3 is 5.97 Å². The van der Waals surface area contributed by atoms with Crippen molar-refractivity contribution in [2.75, 3.05) is 12.9 Å². The number of rotatable bonds is 6. The highest BCUT2D eigenvalue weighted by Gasteiger charge is 2.42. The van der Waals surface area contributed by atoms with Crippen molar-refractivity contribution in [1.29, 1.82) is 0 Å². The Morgan fingerprint density at radius 1 is 1.00 bits per heavy atom. The van der Waals surface area contributed by atoms with Crippen LogP contribution in [0.5, 0.6) is 5.75 Å². The van der Waals surface area contributed by atoms with E-state index in [1.54, 1.807) is 18.9 Å². The monoisotopic (exact) mass is 419 g/mol. The van der Waals surface area contributed by atoms with Gasteiger partial charge in [0, 0.05) is 5.75 Å². The SMILES string of the molecule is COc1ccc(C2(SC[C@H](N)C(=O)O)c3ccccc3CCc3ccccc32)cc1. The van der Waals surface area contributed by atoms with Gasteiger partial charge in [-0.3, -0.25) is 4.79 Å². The minimum absolute atomic E-state index is 0.296. The lowest BCUT2D eigenvalue weighted by Crippen LogP contribution is -2.36. The van der Waals surface area contributed by atoms with Gasteiger partial charge in [-0.1, -0.05) is 60.7 Å². The van der Waals surface area contributed by atoms with E-state index in [0.29, 0.717) is 5.75 Å². The van der Waals surface area contributed by atoms with Crippen LogP contribution in [0.15, 0.2) is 72.8 Å². The molecule has 0 amide bonds.